The quantitative estimate of drug-likeness (QED) is 0.831. The van der Waals surface area contributed by atoms with Crippen LogP contribution in [0.25, 0.3) is 0 Å². The molecular weight excluding hydrogens is 229 g/mol. The summed E-state index contributed by atoms with van der Waals surface area (Å²) in [5, 5.41) is 13.4. The first-order chi connectivity index (χ1) is 7.65. The fourth-order valence-electron chi connectivity index (χ4n) is 1.62. The van der Waals surface area contributed by atoms with Crippen molar-refractivity contribution in [2.45, 2.75) is 31.4 Å². The van der Waals surface area contributed by atoms with Crippen LogP contribution in [0.15, 0.2) is 18.2 Å². The SMILES string of the molecule is OC(CNC1CC1)Cc1cc(Cl)ccc1F. The monoisotopic (exact) mass is 243 g/mol. The van der Waals surface area contributed by atoms with Gasteiger partial charge in [-0.25, -0.2) is 4.39 Å². The van der Waals surface area contributed by atoms with Crippen LogP contribution in [-0.2, 0) is 6.42 Å². The summed E-state index contributed by atoms with van der Waals surface area (Å²) in [6.45, 7) is 0.511. The summed E-state index contributed by atoms with van der Waals surface area (Å²) in [6, 6.07) is 4.96. The molecule has 0 spiro atoms. The third-order valence-corrected chi connectivity index (χ3v) is 2.92. The van der Waals surface area contributed by atoms with Gasteiger partial charge in [0.05, 0.1) is 6.10 Å². The van der Waals surface area contributed by atoms with E-state index in [0.29, 0.717) is 29.6 Å². The van der Waals surface area contributed by atoms with E-state index in [9.17, 15) is 9.50 Å². The summed E-state index contributed by atoms with van der Waals surface area (Å²) in [6.07, 6.45) is 2.09. The van der Waals surface area contributed by atoms with E-state index in [0.717, 1.165) is 0 Å². The topological polar surface area (TPSA) is 32.3 Å². The molecule has 2 rings (SSSR count). The number of halogens is 2. The van der Waals surface area contributed by atoms with Crippen molar-refractivity contribution in [2.24, 2.45) is 0 Å². The number of benzene rings is 1. The predicted molar refractivity (Wildman–Crippen MR) is 62.1 cm³/mol. The van der Waals surface area contributed by atoms with Crippen molar-refractivity contribution in [3.05, 3.63) is 34.6 Å². The maximum atomic E-state index is 13.4. The Kier molecular flexibility index (Phi) is 3.79. The van der Waals surface area contributed by atoms with Crippen molar-refractivity contribution in [3.8, 4) is 0 Å². The molecule has 16 heavy (non-hydrogen) atoms. The third-order valence-electron chi connectivity index (χ3n) is 2.68. The molecule has 0 aromatic heterocycles. The number of aliphatic hydroxyl groups excluding tert-OH is 1. The van der Waals surface area contributed by atoms with E-state index in [4.69, 9.17) is 11.6 Å². The van der Waals surface area contributed by atoms with Crippen molar-refractivity contribution in [3.63, 3.8) is 0 Å². The first-order valence-electron chi connectivity index (χ1n) is 5.50. The molecule has 2 N–H and O–H groups in total. The predicted octanol–water partition coefficient (Wildman–Crippen LogP) is 2.13. The fourth-order valence-corrected chi connectivity index (χ4v) is 1.81. The van der Waals surface area contributed by atoms with Crippen molar-refractivity contribution in [2.75, 3.05) is 6.54 Å². The van der Waals surface area contributed by atoms with Crippen LogP contribution in [0, 0.1) is 5.82 Å². The minimum Gasteiger partial charge on any atom is -0.391 e. The second-order valence-electron chi connectivity index (χ2n) is 4.28. The van der Waals surface area contributed by atoms with Gasteiger partial charge >= 0.3 is 0 Å². The Morgan fingerprint density at radius 1 is 1.50 bits per heavy atom. The zero-order valence-electron chi connectivity index (χ0n) is 8.92. The van der Waals surface area contributed by atoms with Gasteiger partial charge in [0.1, 0.15) is 5.82 Å². The van der Waals surface area contributed by atoms with Crippen molar-refractivity contribution in [1.82, 2.24) is 5.32 Å². The van der Waals surface area contributed by atoms with Gasteiger partial charge in [-0.2, -0.15) is 0 Å². The highest BCUT2D eigenvalue weighted by atomic mass is 35.5. The van der Waals surface area contributed by atoms with E-state index >= 15 is 0 Å². The molecule has 0 radical (unpaired) electrons. The Balaban J connectivity index is 1.88. The summed E-state index contributed by atoms with van der Waals surface area (Å²) in [5.41, 5.74) is 0.470. The van der Waals surface area contributed by atoms with Gasteiger partial charge in [0.2, 0.25) is 0 Å². The van der Waals surface area contributed by atoms with E-state index < -0.39 is 6.10 Å². The first-order valence-corrected chi connectivity index (χ1v) is 5.88. The molecule has 0 heterocycles. The molecule has 88 valence electrons. The molecule has 0 aliphatic heterocycles. The zero-order chi connectivity index (χ0) is 11.5. The van der Waals surface area contributed by atoms with E-state index in [1.54, 1.807) is 6.07 Å². The molecule has 1 aliphatic rings. The minimum absolute atomic E-state index is 0.298. The Hall–Kier alpha value is -0.640. The maximum Gasteiger partial charge on any atom is 0.126 e. The lowest BCUT2D eigenvalue weighted by molar-refractivity contribution is 0.170. The van der Waals surface area contributed by atoms with Crippen LogP contribution in [0.4, 0.5) is 4.39 Å². The molecule has 0 saturated heterocycles. The largest absolute Gasteiger partial charge is 0.391 e. The number of aliphatic hydroxyl groups is 1. The average Bonchev–Trinajstić information content (AvgIpc) is 3.04. The fraction of sp³-hybridized carbons (Fsp3) is 0.500. The molecule has 2 nitrogen and oxygen atoms in total. The van der Waals surface area contributed by atoms with E-state index in [1.807, 2.05) is 0 Å². The second kappa shape index (κ2) is 5.13. The van der Waals surface area contributed by atoms with Crippen LogP contribution in [0.5, 0.6) is 0 Å². The van der Waals surface area contributed by atoms with Crippen LogP contribution in [-0.4, -0.2) is 23.8 Å². The first kappa shape index (κ1) is 11.8. The highest BCUT2D eigenvalue weighted by Crippen LogP contribution is 2.19. The second-order valence-corrected chi connectivity index (χ2v) is 4.71. The van der Waals surface area contributed by atoms with Crippen LogP contribution in [0.1, 0.15) is 18.4 Å². The maximum absolute atomic E-state index is 13.4. The molecule has 1 aliphatic carbocycles. The standard InChI is InChI=1S/C12H15ClFNO/c13-9-1-4-12(14)8(5-9)6-11(16)7-15-10-2-3-10/h1,4-5,10-11,15-16H,2-3,6-7H2. The van der Waals surface area contributed by atoms with Gasteiger partial charge in [-0.15, -0.1) is 0 Å². The lowest BCUT2D eigenvalue weighted by atomic mass is 10.1. The summed E-state index contributed by atoms with van der Waals surface area (Å²) in [4.78, 5) is 0. The summed E-state index contributed by atoms with van der Waals surface area (Å²) >= 11 is 5.77. The average molecular weight is 244 g/mol. The Labute approximate surface area is 99.4 Å². The Bertz CT molecular complexity index is 368. The minimum atomic E-state index is -0.562. The van der Waals surface area contributed by atoms with Crippen LogP contribution < -0.4 is 5.32 Å². The highest BCUT2D eigenvalue weighted by molar-refractivity contribution is 6.30. The molecule has 0 amide bonds. The molecule has 1 aromatic rings. The molecule has 1 unspecified atom stereocenters. The molecule has 4 heteroatoms. The third kappa shape index (κ3) is 3.44. The van der Waals surface area contributed by atoms with E-state index in [1.165, 1.54) is 25.0 Å². The normalized spacial score (nSPS) is 17.4. The van der Waals surface area contributed by atoms with Crippen LogP contribution in [0.2, 0.25) is 5.02 Å². The van der Waals surface area contributed by atoms with Gasteiger partial charge in [0.15, 0.2) is 0 Å². The molecule has 1 atom stereocenters. The van der Waals surface area contributed by atoms with E-state index in [-0.39, 0.29) is 5.82 Å². The Morgan fingerprint density at radius 3 is 2.94 bits per heavy atom. The van der Waals surface area contributed by atoms with Crippen LogP contribution in [0.3, 0.4) is 0 Å². The van der Waals surface area contributed by atoms with Crippen molar-refractivity contribution in [1.29, 1.82) is 0 Å². The Morgan fingerprint density at radius 2 is 2.25 bits per heavy atom. The summed E-state index contributed by atoms with van der Waals surface area (Å²) in [5.74, 6) is -0.310. The number of nitrogens with one attached hydrogen (secondary N) is 1. The van der Waals surface area contributed by atoms with Crippen molar-refractivity contribution < 1.29 is 9.50 Å². The summed E-state index contributed by atoms with van der Waals surface area (Å²) < 4.78 is 13.4. The van der Waals surface area contributed by atoms with Gasteiger partial charge in [0, 0.05) is 24.0 Å². The van der Waals surface area contributed by atoms with Gasteiger partial charge in [-0.05, 0) is 36.6 Å². The van der Waals surface area contributed by atoms with Gasteiger partial charge < -0.3 is 10.4 Å². The van der Waals surface area contributed by atoms with E-state index in [2.05, 4.69) is 5.32 Å². The molecule has 1 aromatic carbocycles. The van der Waals surface area contributed by atoms with Gasteiger partial charge in [-0.1, -0.05) is 11.6 Å². The number of rotatable bonds is 5. The lowest BCUT2D eigenvalue weighted by Crippen LogP contribution is -2.30. The summed E-state index contributed by atoms with van der Waals surface area (Å²) in [7, 11) is 0. The van der Waals surface area contributed by atoms with Gasteiger partial charge in [-0.3, -0.25) is 0 Å². The molecular formula is C12H15ClFNO. The molecule has 0 bridgehead atoms. The lowest BCUT2D eigenvalue weighted by Gasteiger charge is -2.12. The van der Waals surface area contributed by atoms with Crippen molar-refractivity contribution >= 4 is 11.6 Å². The zero-order valence-corrected chi connectivity index (χ0v) is 9.67. The smallest absolute Gasteiger partial charge is 0.126 e. The highest BCUT2D eigenvalue weighted by Gasteiger charge is 2.21. The number of hydrogen-bond acceptors (Lipinski definition) is 2. The number of hydrogen-bond donors (Lipinski definition) is 2. The van der Waals surface area contributed by atoms with Gasteiger partial charge in [0.25, 0.3) is 0 Å². The molecule has 1 saturated carbocycles. The molecule has 1 fully saturated rings. The van der Waals surface area contributed by atoms with Crippen LogP contribution >= 0.6 is 11.6 Å².